The van der Waals surface area contributed by atoms with Crippen molar-refractivity contribution >= 4 is 11.6 Å². The Kier molecular flexibility index (Phi) is 3.60. The molecule has 0 bridgehead atoms. The lowest BCUT2D eigenvalue weighted by Crippen LogP contribution is -2.30. The third kappa shape index (κ3) is 3.25. The van der Waals surface area contributed by atoms with Crippen molar-refractivity contribution in [3.8, 4) is 0 Å². The summed E-state index contributed by atoms with van der Waals surface area (Å²) in [7, 11) is 0. The molecule has 1 aromatic carbocycles. The van der Waals surface area contributed by atoms with Gasteiger partial charge in [0.1, 0.15) is 0 Å². The van der Waals surface area contributed by atoms with Crippen LogP contribution in [0, 0.1) is 5.41 Å². The van der Waals surface area contributed by atoms with Gasteiger partial charge in [0.15, 0.2) is 0 Å². The average molecular weight is 246 g/mol. The second-order valence-electron chi connectivity index (χ2n) is 5.97. The van der Waals surface area contributed by atoms with Crippen molar-refractivity contribution in [2.24, 2.45) is 5.41 Å². The van der Waals surface area contributed by atoms with E-state index in [1.165, 1.54) is 0 Å². The number of nitrogens with two attached hydrogens (primary N) is 1. The normalized spacial score (nSPS) is 19.7. The number of hydrogen-bond acceptors (Lipinski definition) is 2. The van der Waals surface area contributed by atoms with Gasteiger partial charge in [0.05, 0.1) is 0 Å². The Morgan fingerprint density at radius 1 is 1.22 bits per heavy atom. The van der Waals surface area contributed by atoms with Crippen molar-refractivity contribution in [3.05, 3.63) is 29.8 Å². The highest BCUT2D eigenvalue weighted by molar-refractivity contribution is 5.76. The first-order valence-electron chi connectivity index (χ1n) is 6.58. The molecule has 0 spiro atoms. The average Bonchev–Trinajstić information content (AvgIpc) is 2.45. The fraction of sp³-hybridized carbons (Fsp3) is 0.533. The van der Waals surface area contributed by atoms with Crippen LogP contribution in [-0.4, -0.2) is 17.4 Å². The molecule has 0 atom stereocenters. The SMILES string of the molecule is CC1(C)CCC(=O)N(Cc2ccc(N)cc2)CC1. The Morgan fingerprint density at radius 3 is 2.56 bits per heavy atom. The molecule has 2 N–H and O–H groups in total. The molecule has 0 aromatic heterocycles. The van der Waals surface area contributed by atoms with E-state index in [9.17, 15) is 4.79 Å². The van der Waals surface area contributed by atoms with E-state index in [1.54, 1.807) is 0 Å². The van der Waals surface area contributed by atoms with Gasteiger partial charge in [0, 0.05) is 25.2 Å². The molecule has 18 heavy (non-hydrogen) atoms. The predicted octanol–water partition coefficient (Wildman–Crippen LogP) is 2.81. The van der Waals surface area contributed by atoms with Crippen LogP contribution in [0.15, 0.2) is 24.3 Å². The van der Waals surface area contributed by atoms with Crippen LogP contribution in [0.25, 0.3) is 0 Å². The van der Waals surface area contributed by atoms with Crippen LogP contribution in [-0.2, 0) is 11.3 Å². The van der Waals surface area contributed by atoms with Crippen LogP contribution < -0.4 is 5.73 Å². The molecule has 1 fully saturated rings. The molecule has 0 aliphatic carbocycles. The van der Waals surface area contributed by atoms with Gasteiger partial charge in [-0.3, -0.25) is 4.79 Å². The number of carbonyl (C=O) groups is 1. The summed E-state index contributed by atoms with van der Waals surface area (Å²) in [5, 5.41) is 0. The summed E-state index contributed by atoms with van der Waals surface area (Å²) < 4.78 is 0. The fourth-order valence-electron chi connectivity index (χ4n) is 2.30. The summed E-state index contributed by atoms with van der Waals surface area (Å²) in [5.41, 5.74) is 7.87. The van der Waals surface area contributed by atoms with Crippen molar-refractivity contribution in [1.29, 1.82) is 0 Å². The first kappa shape index (κ1) is 12.9. The standard InChI is InChI=1S/C15H22N2O/c1-15(2)8-7-14(18)17(10-9-15)11-12-3-5-13(16)6-4-12/h3-6H,7-11,16H2,1-2H3. The van der Waals surface area contributed by atoms with Gasteiger partial charge in [-0.15, -0.1) is 0 Å². The maximum Gasteiger partial charge on any atom is 0.222 e. The fourth-order valence-corrected chi connectivity index (χ4v) is 2.30. The van der Waals surface area contributed by atoms with E-state index in [-0.39, 0.29) is 11.3 Å². The van der Waals surface area contributed by atoms with Crippen molar-refractivity contribution in [2.75, 3.05) is 12.3 Å². The molecule has 3 nitrogen and oxygen atoms in total. The molecule has 1 amide bonds. The van der Waals surface area contributed by atoms with E-state index >= 15 is 0 Å². The van der Waals surface area contributed by atoms with Crippen molar-refractivity contribution in [1.82, 2.24) is 4.90 Å². The lowest BCUT2D eigenvalue weighted by molar-refractivity contribution is -0.131. The van der Waals surface area contributed by atoms with E-state index in [0.29, 0.717) is 13.0 Å². The van der Waals surface area contributed by atoms with Gasteiger partial charge in [0.2, 0.25) is 5.91 Å². The van der Waals surface area contributed by atoms with Crippen molar-refractivity contribution in [2.45, 2.75) is 39.7 Å². The summed E-state index contributed by atoms with van der Waals surface area (Å²) >= 11 is 0. The maximum absolute atomic E-state index is 12.1. The summed E-state index contributed by atoms with van der Waals surface area (Å²) in [6.07, 6.45) is 2.74. The highest BCUT2D eigenvalue weighted by Gasteiger charge is 2.27. The Morgan fingerprint density at radius 2 is 1.89 bits per heavy atom. The minimum absolute atomic E-state index is 0.275. The number of benzene rings is 1. The topological polar surface area (TPSA) is 46.3 Å². The summed E-state index contributed by atoms with van der Waals surface area (Å²) in [6, 6.07) is 7.78. The van der Waals surface area contributed by atoms with Gasteiger partial charge < -0.3 is 10.6 Å². The minimum atomic E-state index is 0.275. The van der Waals surface area contributed by atoms with E-state index in [4.69, 9.17) is 5.73 Å². The van der Waals surface area contributed by atoms with Crippen LogP contribution in [0.5, 0.6) is 0 Å². The third-order valence-electron chi connectivity index (χ3n) is 3.78. The number of rotatable bonds is 2. The third-order valence-corrected chi connectivity index (χ3v) is 3.78. The Labute approximate surface area is 109 Å². The monoisotopic (exact) mass is 246 g/mol. The molecular weight excluding hydrogens is 224 g/mol. The molecule has 1 aliphatic rings. The molecule has 0 radical (unpaired) electrons. The van der Waals surface area contributed by atoms with E-state index in [2.05, 4.69) is 13.8 Å². The second kappa shape index (κ2) is 5.01. The zero-order valence-electron chi connectivity index (χ0n) is 11.3. The van der Waals surface area contributed by atoms with Crippen LogP contribution in [0.4, 0.5) is 5.69 Å². The first-order valence-corrected chi connectivity index (χ1v) is 6.58. The lowest BCUT2D eigenvalue weighted by atomic mass is 9.85. The molecule has 0 unspecified atom stereocenters. The number of hydrogen-bond donors (Lipinski definition) is 1. The Hall–Kier alpha value is -1.51. The van der Waals surface area contributed by atoms with Crippen LogP contribution >= 0.6 is 0 Å². The number of nitrogen functional groups attached to an aromatic ring is 1. The number of anilines is 1. The molecule has 3 heteroatoms. The second-order valence-corrected chi connectivity index (χ2v) is 5.97. The Bertz CT molecular complexity index is 423. The van der Waals surface area contributed by atoms with Gasteiger partial charge in [0.25, 0.3) is 0 Å². The summed E-state index contributed by atoms with van der Waals surface area (Å²) in [5.74, 6) is 0.275. The van der Waals surface area contributed by atoms with Gasteiger partial charge in [-0.25, -0.2) is 0 Å². The molecule has 0 saturated carbocycles. The number of carbonyl (C=O) groups excluding carboxylic acids is 1. The molecule has 1 heterocycles. The molecule has 1 aliphatic heterocycles. The zero-order chi connectivity index (χ0) is 13.2. The summed E-state index contributed by atoms with van der Waals surface area (Å²) in [6.45, 7) is 6.05. The quantitative estimate of drug-likeness (QED) is 0.816. The zero-order valence-corrected chi connectivity index (χ0v) is 11.3. The van der Waals surface area contributed by atoms with Gasteiger partial charge in [-0.1, -0.05) is 26.0 Å². The predicted molar refractivity (Wildman–Crippen MR) is 73.9 cm³/mol. The molecule has 1 aromatic rings. The van der Waals surface area contributed by atoms with Crippen molar-refractivity contribution in [3.63, 3.8) is 0 Å². The highest BCUT2D eigenvalue weighted by atomic mass is 16.2. The maximum atomic E-state index is 12.1. The summed E-state index contributed by atoms with van der Waals surface area (Å²) in [4.78, 5) is 14.0. The largest absolute Gasteiger partial charge is 0.399 e. The van der Waals surface area contributed by atoms with Crippen molar-refractivity contribution < 1.29 is 4.79 Å². The number of likely N-dealkylation sites (tertiary alicyclic amines) is 1. The highest BCUT2D eigenvalue weighted by Crippen LogP contribution is 2.30. The smallest absolute Gasteiger partial charge is 0.222 e. The van der Waals surface area contributed by atoms with Crippen LogP contribution in [0.2, 0.25) is 0 Å². The first-order chi connectivity index (χ1) is 8.46. The van der Waals surface area contributed by atoms with Gasteiger partial charge in [-0.05, 0) is 36.0 Å². The molecular formula is C15H22N2O. The Balaban J connectivity index is 2.04. The van der Waals surface area contributed by atoms with Gasteiger partial charge in [-0.2, -0.15) is 0 Å². The van der Waals surface area contributed by atoms with E-state index in [0.717, 1.165) is 30.6 Å². The van der Waals surface area contributed by atoms with Gasteiger partial charge >= 0.3 is 0 Å². The molecule has 2 rings (SSSR count). The lowest BCUT2D eigenvalue weighted by Gasteiger charge is -2.23. The van der Waals surface area contributed by atoms with Crippen LogP contribution in [0.3, 0.4) is 0 Å². The molecule has 1 saturated heterocycles. The molecule has 98 valence electrons. The van der Waals surface area contributed by atoms with E-state index in [1.807, 2.05) is 29.2 Å². The number of nitrogens with zero attached hydrogens (tertiary/aromatic N) is 1. The van der Waals surface area contributed by atoms with E-state index < -0.39 is 0 Å². The minimum Gasteiger partial charge on any atom is -0.399 e. The number of amides is 1. The van der Waals surface area contributed by atoms with Crippen LogP contribution in [0.1, 0.15) is 38.7 Å².